The molecule has 0 aliphatic carbocycles. The lowest BCUT2D eigenvalue weighted by molar-refractivity contribution is 0.600. The van der Waals surface area contributed by atoms with E-state index < -0.39 is 12.8 Å². The minimum Gasteiger partial charge on any atom is -0.260 e. The van der Waals surface area contributed by atoms with E-state index in [-0.39, 0.29) is 4.90 Å². The molecule has 60 valence electrons. The van der Waals surface area contributed by atoms with Gasteiger partial charge in [0.15, 0.2) is 0 Å². The average molecular weight is 287 g/mol. The fourth-order valence-electron chi connectivity index (χ4n) is 0.526. The molecule has 0 saturated heterocycles. The summed E-state index contributed by atoms with van der Waals surface area (Å²) in [6, 6.07) is 0.925. The van der Waals surface area contributed by atoms with Gasteiger partial charge in [0.2, 0.25) is 7.01 Å². The van der Waals surface area contributed by atoms with Gasteiger partial charge < -0.3 is 0 Å². The van der Waals surface area contributed by atoms with Gasteiger partial charge in [-0.1, -0.05) is 0 Å². The lowest BCUT2D eigenvalue weighted by Gasteiger charge is -1.93. The molecule has 1 aromatic heterocycles. The van der Waals surface area contributed by atoms with E-state index in [0.29, 0.717) is 0 Å². The summed E-state index contributed by atoms with van der Waals surface area (Å²) in [5.74, 6) is -0.650. The van der Waals surface area contributed by atoms with Crippen molar-refractivity contribution in [2.24, 2.45) is 0 Å². The van der Waals surface area contributed by atoms with Crippen molar-refractivity contribution in [1.29, 1.82) is 0 Å². The van der Waals surface area contributed by atoms with Gasteiger partial charge in [-0.25, -0.2) is 12.8 Å². The summed E-state index contributed by atoms with van der Waals surface area (Å²) < 4.78 is 33.9. The smallest absolute Gasteiger partial charge is 0.232 e. The van der Waals surface area contributed by atoms with Crippen molar-refractivity contribution >= 4 is 28.2 Å². The predicted molar refractivity (Wildman–Crippen MR) is 45.4 cm³/mol. The maximum atomic E-state index is 12.4. The first-order valence-corrected chi connectivity index (χ1v) is 6.58. The molecular formula is C5H3FINO2S. The molecule has 1 heterocycles. The molecule has 0 amide bonds. The normalized spacial score (nSPS) is 11.5. The van der Waals surface area contributed by atoms with E-state index in [0.717, 1.165) is 18.5 Å². The fourth-order valence-corrected chi connectivity index (χ4v) is 1.69. The molecule has 0 saturated carbocycles. The molecule has 0 unspecified atom stereocenters. The first-order valence-electron chi connectivity index (χ1n) is 2.55. The summed E-state index contributed by atoms with van der Waals surface area (Å²) in [5, 5.41) is 0. The van der Waals surface area contributed by atoms with Gasteiger partial charge in [0.05, 0.1) is 32.3 Å². The zero-order valence-electron chi connectivity index (χ0n) is 5.16. The van der Waals surface area contributed by atoms with Crippen molar-refractivity contribution in [2.75, 3.05) is 0 Å². The molecule has 1 rings (SSSR count). The molecule has 1 aromatic rings. The second-order valence-corrected chi connectivity index (χ2v) is 6.60. The zero-order valence-corrected chi connectivity index (χ0v) is 8.13. The largest absolute Gasteiger partial charge is 0.260 e. The number of halogens is 2. The molecule has 0 bridgehead atoms. The van der Waals surface area contributed by atoms with E-state index in [1.165, 1.54) is 21.2 Å². The van der Waals surface area contributed by atoms with Crippen LogP contribution >= 0.6 is 21.2 Å². The van der Waals surface area contributed by atoms with Crippen molar-refractivity contribution in [3.8, 4) is 0 Å². The Morgan fingerprint density at radius 3 is 2.45 bits per heavy atom. The number of hydrogen-bond acceptors (Lipinski definition) is 3. The highest BCUT2D eigenvalue weighted by Crippen LogP contribution is 2.16. The topological polar surface area (TPSA) is 47.0 Å². The minimum absolute atomic E-state index is 0.113. The standard InChI is InChI=1S/C5H3FINO2S/c6-4-1-5(3-8-2-4)11(7,9)10/h1-3H. The summed E-state index contributed by atoms with van der Waals surface area (Å²) in [6.45, 7) is 0. The molecule has 0 aromatic carbocycles. The maximum absolute atomic E-state index is 12.4. The molecule has 0 N–H and O–H groups in total. The Morgan fingerprint density at radius 2 is 2.09 bits per heavy atom. The van der Waals surface area contributed by atoms with Crippen LogP contribution in [0.1, 0.15) is 0 Å². The van der Waals surface area contributed by atoms with E-state index in [1.807, 2.05) is 0 Å². The molecule has 3 nitrogen and oxygen atoms in total. The van der Waals surface area contributed by atoms with Gasteiger partial charge in [0.25, 0.3) is 0 Å². The average Bonchev–Trinajstić information content (AvgIpc) is 1.86. The van der Waals surface area contributed by atoms with Crippen LogP contribution in [-0.4, -0.2) is 13.4 Å². The first kappa shape index (κ1) is 8.85. The molecule has 0 radical (unpaired) electrons. The Bertz CT molecular complexity index is 365. The summed E-state index contributed by atoms with van der Waals surface area (Å²) in [4.78, 5) is 3.28. The summed E-state index contributed by atoms with van der Waals surface area (Å²) in [7, 11) is -3.36. The van der Waals surface area contributed by atoms with Crippen LogP contribution in [0, 0.1) is 5.82 Å². The van der Waals surface area contributed by atoms with Crippen molar-refractivity contribution in [2.45, 2.75) is 4.90 Å². The quantitative estimate of drug-likeness (QED) is 0.578. The van der Waals surface area contributed by atoms with Crippen LogP contribution in [0.15, 0.2) is 23.4 Å². The molecule has 6 heteroatoms. The summed E-state index contributed by atoms with van der Waals surface area (Å²) in [5.41, 5.74) is 0. The van der Waals surface area contributed by atoms with E-state index in [4.69, 9.17) is 0 Å². The molecule has 11 heavy (non-hydrogen) atoms. The van der Waals surface area contributed by atoms with Gasteiger partial charge in [-0.15, -0.1) is 0 Å². The van der Waals surface area contributed by atoms with Crippen molar-refractivity contribution < 1.29 is 12.8 Å². The van der Waals surface area contributed by atoms with Gasteiger partial charge in [-0.3, -0.25) is 4.98 Å². The predicted octanol–water partition coefficient (Wildman–Crippen LogP) is 1.34. The third kappa shape index (κ3) is 2.37. The Morgan fingerprint density at radius 1 is 1.45 bits per heavy atom. The lowest BCUT2D eigenvalue weighted by atomic mass is 10.5. The molecule has 0 aliphatic heterocycles. The molecule has 0 fully saturated rings. The minimum atomic E-state index is -3.36. The Balaban J connectivity index is 3.28. The van der Waals surface area contributed by atoms with Gasteiger partial charge >= 0.3 is 0 Å². The number of hydrogen-bond donors (Lipinski definition) is 0. The highest BCUT2D eigenvalue weighted by atomic mass is 127. The van der Waals surface area contributed by atoms with E-state index in [2.05, 4.69) is 4.98 Å². The second-order valence-electron chi connectivity index (χ2n) is 1.78. The molecule has 0 spiro atoms. The third-order valence-corrected chi connectivity index (χ3v) is 3.27. The number of pyridine rings is 1. The van der Waals surface area contributed by atoms with Crippen molar-refractivity contribution in [3.63, 3.8) is 0 Å². The summed E-state index contributed by atoms with van der Waals surface area (Å²) in [6.07, 6.45) is 2.05. The van der Waals surface area contributed by atoms with Crippen LogP contribution in [0.3, 0.4) is 0 Å². The molecule has 0 atom stereocenters. The van der Waals surface area contributed by atoms with Crippen LogP contribution in [0.5, 0.6) is 0 Å². The highest BCUT2D eigenvalue weighted by Gasteiger charge is 2.09. The van der Waals surface area contributed by atoms with E-state index in [9.17, 15) is 12.8 Å². The van der Waals surface area contributed by atoms with Crippen molar-refractivity contribution in [3.05, 3.63) is 24.3 Å². The second kappa shape index (κ2) is 3.02. The lowest BCUT2D eigenvalue weighted by Crippen LogP contribution is -1.91. The molecular weight excluding hydrogens is 284 g/mol. The van der Waals surface area contributed by atoms with Crippen LogP contribution < -0.4 is 0 Å². The fraction of sp³-hybridized carbons (Fsp3) is 0. The zero-order chi connectivity index (χ0) is 8.48. The Hall–Kier alpha value is -0.240. The SMILES string of the molecule is O=S(=O)(I)c1cncc(F)c1. The van der Waals surface area contributed by atoms with Gasteiger partial charge in [-0.05, 0) is 6.07 Å². The van der Waals surface area contributed by atoms with E-state index in [1.54, 1.807) is 0 Å². The maximum Gasteiger partial charge on any atom is 0.232 e. The summed E-state index contributed by atoms with van der Waals surface area (Å²) >= 11 is 1.22. The van der Waals surface area contributed by atoms with Crippen LogP contribution in [-0.2, 0) is 7.01 Å². The number of aromatic nitrogens is 1. The monoisotopic (exact) mass is 287 g/mol. The number of rotatable bonds is 1. The van der Waals surface area contributed by atoms with Gasteiger partial charge in [0.1, 0.15) is 5.82 Å². The van der Waals surface area contributed by atoms with Gasteiger partial charge in [-0.2, -0.15) is 0 Å². The first-order chi connectivity index (χ1) is 5.00. The van der Waals surface area contributed by atoms with E-state index >= 15 is 0 Å². The van der Waals surface area contributed by atoms with Gasteiger partial charge in [0, 0.05) is 6.20 Å². The highest BCUT2D eigenvalue weighted by molar-refractivity contribution is 14.2. The van der Waals surface area contributed by atoms with Crippen molar-refractivity contribution in [1.82, 2.24) is 4.98 Å². The van der Waals surface area contributed by atoms with Crippen LogP contribution in [0.4, 0.5) is 4.39 Å². The third-order valence-electron chi connectivity index (χ3n) is 0.961. The van der Waals surface area contributed by atoms with Crippen LogP contribution in [0.25, 0.3) is 0 Å². The number of nitrogens with zero attached hydrogens (tertiary/aromatic N) is 1. The van der Waals surface area contributed by atoms with Crippen LogP contribution in [0.2, 0.25) is 0 Å². The Kier molecular flexibility index (Phi) is 2.43. The Labute approximate surface area is 75.2 Å². The molecule has 0 aliphatic rings.